The van der Waals surface area contributed by atoms with Crippen molar-refractivity contribution in [3.8, 4) is 34.2 Å². The predicted octanol–water partition coefficient (Wildman–Crippen LogP) is 5.84. The fourth-order valence-electron chi connectivity index (χ4n) is 10.2. The molecule has 7 rings (SSSR count). The number of hydrazine groups is 1. The third kappa shape index (κ3) is 14.6. The summed E-state index contributed by atoms with van der Waals surface area (Å²) in [6.07, 6.45) is 3.99. The molecule has 2 N–H and O–H groups in total. The molecule has 4 aromatic rings. The molecule has 2 aromatic heterocycles. The summed E-state index contributed by atoms with van der Waals surface area (Å²) in [7, 11) is 7.04. The number of rotatable bonds is 10. The minimum Gasteiger partial charge on any atom is -0.464 e. The van der Waals surface area contributed by atoms with E-state index in [1.807, 2.05) is 51.9 Å². The van der Waals surface area contributed by atoms with Crippen molar-refractivity contribution in [3.63, 3.8) is 0 Å². The molecule has 5 heterocycles. The Morgan fingerprint density at radius 1 is 1.00 bits per heavy atom. The van der Waals surface area contributed by atoms with E-state index in [0.717, 1.165) is 55.7 Å². The van der Waals surface area contributed by atoms with Gasteiger partial charge in [-0.3, -0.25) is 38.9 Å². The number of hydrogen-bond acceptors (Lipinski definition) is 10. The third-order valence-electron chi connectivity index (χ3n) is 13.5. The number of hydrogen-bond donors (Lipinski definition) is 2. The molecule has 0 aliphatic carbocycles. The Hall–Kier alpha value is -4.68. The van der Waals surface area contributed by atoms with Gasteiger partial charge in [-0.25, -0.2) is 5.43 Å². The molecule has 0 radical (unpaired) electrons. The number of nitrogens with zero attached hydrogens (tertiary/aromatic N) is 6. The van der Waals surface area contributed by atoms with Gasteiger partial charge in [0.2, 0.25) is 11.8 Å². The third-order valence-corrected chi connectivity index (χ3v) is 13.5. The Balaban J connectivity index is 0.00000352. The molecule has 15 nitrogen and oxygen atoms in total. The number of aryl methyl sites for hydroxylation is 2. The fraction of sp³-hybridized carbons (Fsp3) is 0.519. The van der Waals surface area contributed by atoms with E-state index in [1.54, 1.807) is 25.3 Å². The molecule has 3 aliphatic heterocycles. The number of cyclic esters (lactones) is 1. The van der Waals surface area contributed by atoms with Gasteiger partial charge >= 0.3 is 5.97 Å². The average Bonchev–Trinajstić information content (AvgIpc) is 3.93. The number of aromatic nitrogens is 2. The average molecular weight is 1080 g/mol. The maximum absolute atomic E-state index is 14.8. The highest BCUT2D eigenvalue weighted by Crippen LogP contribution is 2.41. The van der Waals surface area contributed by atoms with Gasteiger partial charge in [0.25, 0.3) is 11.8 Å². The van der Waals surface area contributed by atoms with Crippen LogP contribution < -0.4 is 10.7 Å². The Labute approximate surface area is 460 Å². The zero-order valence-electron chi connectivity index (χ0n) is 44.1. The van der Waals surface area contributed by atoms with Crippen molar-refractivity contribution >= 4 is 94.5 Å². The van der Waals surface area contributed by atoms with Crippen molar-refractivity contribution in [2.75, 3.05) is 61.0 Å². The number of ether oxygens (including phenoxy) is 2. The lowest BCUT2D eigenvalue weighted by Crippen LogP contribution is -2.62. The molecule has 6 bridgehead atoms. The Bertz CT molecular complexity index is 2670. The lowest BCUT2D eigenvalue weighted by Gasteiger charge is -2.37. The zero-order valence-corrected chi connectivity index (χ0v) is 48.1. The van der Waals surface area contributed by atoms with Crippen LogP contribution in [0.2, 0.25) is 0 Å². The number of likely N-dealkylation sites (N-methyl/N-ethyl adjacent to an activating group) is 1. The van der Waals surface area contributed by atoms with E-state index >= 15 is 0 Å². The Morgan fingerprint density at radius 3 is 2.42 bits per heavy atom. The highest BCUT2D eigenvalue weighted by Gasteiger charge is 2.40. The van der Waals surface area contributed by atoms with Gasteiger partial charge in [0.1, 0.15) is 18.1 Å². The second-order valence-electron chi connectivity index (χ2n) is 20.4. The smallest absolute Gasteiger partial charge is 0.324 e. The summed E-state index contributed by atoms with van der Waals surface area (Å²) in [5.74, 6) is 2.83. The van der Waals surface area contributed by atoms with Gasteiger partial charge in [-0.2, -0.15) is 54.0 Å². The molecule has 0 spiro atoms. The maximum Gasteiger partial charge on any atom is 0.324 e. The zero-order chi connectivity index (χ0) is 49.7. The first-order valence-electron chi connectivity index (χ1n) is 24.3. The van der Waals surface area contributed by atoms with Crippen LogP contribution >= 0.6 is 54.0 Å². The number of fused-ring (bicyclic) bond motifs is 6. The molecule has 2 fully saturated rings. The molecule has 73 heavy (non-hydrogen) atoms. The SMILES string of the molecule is CCn1c(-c2cccnc2COC)c2c3cc(ccc31)-c1cc(C)cc(c1)C[C@H](NC(=O)[C@H](C(C)C)N(C)C(=O)[C@H]1CCN(C(=O)C#CCN(C)C)C1)C(=O)N1CCC[C@H](N1)C(=O)OCC(C)(C)C2.S.S.S.S. The molecule has 4 atom stereocenters. The van der Waals surface area contributed by atoms with E-state index in [0.29, 0.717) is 58.5 Å². The van der Waals surface area contributed by atoms with Crippen LogP contribution in [-0.2, 0) is 59.4 Å². The number of likely N-dealkylation sites (tertiary alicyclic amines) is 1. The van der Waals surface area contributed by atoms with Gasteiger partial charge in [0.05, 0.1) is 37.1 Å². The minimum absolute atomic E-state index is 0. The molecule has 400 valence electrons. The van der Waals surface area contributed by atoms with Crippen LogP contribution in [0.5, 0.6) is 0 Å². The van der Waals surface area contributed by atoms with Gasteiger partial charge in [0.15, 0.2) is 0 Å². The molecular weight excluding hydrogens is 1000 g/mol. The first-order valence-corrected chi connectivity index (χ1v) is 24.3. The normalized spacial score (nSPS) is 18.9. The largest absolute Gasteiger partial charge is 0.464 e. The summed E-state index contributed by atoms with van der Waals surface area (Å²) < 4.78 is 14.1. The van der Waals surface area contributed by atoms with E-state index in [-0.39, 0.29) is 91.3 Å². The second kappa shape index (κ2) is 27.2. The fourth-order valence-corrected chi connectivity index (χ4v) is 10.2. The number of nitrogens with one attached hydrogen (secondary N) is 2. The highest BCUT2D eigenvalue weighted by atomic mass is 32.1. The number of esters is 1. The standard InChI is InChI=1S/C54H70N8O7.4H2S/c1-11-61-46-19-18-37-29-41(46)42(49(61)40-15-12-21-55-45(40)32-68-10)30-54(5,6)33-69-53(67)43-16-13-23-62(57-43)52(66)44(28-36-25-35(4)26-39(37)27-36)56-50(64)48(34(2)3)59(9)51(65)38-20-24-60(31-38)47(63)17-14-22-58(7)8;;;;/h12,15,18-19,21,25-27,29,34,38,43-44,48,57H,11,13,16,20,22-24,28,30-33H2,1-10H3,(H,56,64);4*1H2/t38-,43-,44-,48-;;;;/m0..../s1. The molecule has 3 aliphatic rings. The second-order valence-corrected chi connectivity index (χ2v) is 20.4. The van der Waals surface area contributed by atoms with Crippen molar-refractivity contribution in [1.82, 2.24) is 40.0 Å². The van der Waals surface area contributed by atoms with Crippen molar-refractivity contribution < 1.29 is 33.4 Å². The summed E-state index contributed by atoms with van der Waals surface area (Å²) in [5.41, 5.74) is 11.5. The van der Waals surface area contributed by atoms with Crippen LogP contribution in [0.4, 0.5) is 0 Å². The van der Waals surface area contributed by atoms with Crippen LogP contribution in [0.15, 0.2) is 54.7 Å². The summed E-state index contributed by atoms with van der Waals surface area (Å²) in [5, 5.41) is 5.61. The predicted molar refractivity (Wildman–Crippen MR) is 308 cm³/mol. The molecule has 0 unspecified atom stereocenters. The summed E-state index contributed by atoms with van der Waals surface area (Å²) in [6, 6.07) is 14.1. The first kappa shape index (κ1) is 62.6. The van der Waals surface area contributed by atoms with Gasteiger partial charge in [-0.1, -0.05) is 63.4 Å². The highest BCUT2D eigenvalue weighted by molar-refractivity contribution is 7.59. The van der Waals surface area contributed by atoms with Crippen molar-refractivity contribution in [1.29, 1.82) is 0 Å². The number of carbonyl (C=O) groups is 5. The van der Waals surface area contributed by atoms with Gasteiger partial charge < -0.3 is 29.2 Å². The monoisotopic (exact) mass is 1080 g/mol. The molecule has 4 amide bonds. The van der Waals surface area contributed by atoms with Crippen molar-refractivity contribution in [3.05, 3.63) is 77.1 Å². The summed E-state index contributed by atoms with van der Waals surface area (Å²) in [6.45, 7) is 14.7. The van der Waals surface area contributed by atoms with E-state index in [9.17, 15) is 24.0 Å². The number of pyridine rings is 1. The molecule has 0 saturated carbocycles. The van der Waals surface area contributed by atoms with Crippen LogP contribution in [-0.4, -0.2) is 138 Å². The Kier molecular flexibility index (Phi) is 23.3. The van der Waals surface area contributed by atoms with Crippen molar-refractivity contribution in [2.24, 2.45) is 17.3 Å². The lowest BCUT2D eigenvalue weighted by atomic mass is 9.84. The quantitative estimate of drug-likeness (QED) is 0.146. The molecule has 2 aromatic carbocycles. The lowest BCUT2D eigenvalue weighted by molar-refractivity contribution is -0.155. The van der Waals surface area contributed by atoms with Crippen LogP contribution in [0.25, 0.3) is 33.3 Å². The minimum atomic E-state index is -1.06. The first-order chi connectivity index (χ1) is 32.9. The molecular formula is C54H78N8O7S4. The van der Waals surface area contributed by atoms with E-state index in [2.05, 4.69) is 84.3 Å². The van der Waals surface area contributed by atoms with E-state index in [1.165, 1.54) is 9.91 Å². The van der Waals surface area contributed by atoms with E-state index < -0.39 is 47.2 Å². The number of benzene rings is 2. The van der Waals surface area contributed by atoms with E-state index in [4.69, 9.17) is 14.5 Å². The number of carbonyl (C=O) groups excluding carboxylic acids is 5. The number of amides is 4. The number of methoxy groups -OCH3 is 1. The van der Waals surface area contributed by atoms with Gasteiger partial charge in [-0.05, 0) is 112 Å². The summed E-state index contributed by atoms with van der Waals surface area (Å²) >= 11 is 0. The van der Waals surface area contributed by atoms with Crippen LogP contribution in [0.3, 0.4) is 0 Å². The molecule has 2 saturated heterocycles. The van der Waals surface area contributed by atoms with Crippen LogP contribution in [0.1, 0.15) is 76.3 Å². The summed E-state index contributed by atoms with van der Waals surface area (Å²) in [4.78, 5) is 80.1. The topological polar surface area (TPSA) is 159 Å². The van der Waals surface area contributed by atoms with Crippen molar-refractivity contribution in [2.45, 2.75) is 105 Å². The Morgan fingerprint density at radius 2 is 1.74 bits per heavy atom. The van der Waals surface area contributed by atoms with Gasteiger partial charge in [-0.15, -0.1) is 0 Å². The molecule has 19 heteroatoms. The van der Waals surface area contributed by atoms with Gasteiger partial charge in [0, 0.05) is 74.8 Å². The van der Waals surface area contributed by atoms with Crippen LogP contribution in [0, 0.1) is 36.0 Å². The maximum atomic E-state index is 14.8.